The molecule has 0 spiro atoms. The van der Waals surface area contributed by atoms with Crippen LogP contribution in [0, 0.1) is 27.7 Å². The van der Waals surface area contributed by atoms with E-state index in [4.69, 9.17) is 14.0 Å². The van der Waals surface area contributed by atoms with Crippen molar-refractivity contribution in [1.29, 1.82) is 0 Å². The molecule has 5 aromatic rings. The molecule has 76 heavy (non-hydrogen) atoms. The summed E-state index contributed by atoms with van der Waals surface area (Å²) in [5.74, 6) is 3.88. The molecule has 3 aliphatic rings. The van der Waals surface area contributed by atoms with Crippen molar-refractivity contribution in [1.82, 2.24) is 0 Å². The van der Waals surface area contributed by atoms with Crippen LogP contribution in [0.4, 0.5) is 0 Å². The van der Waals surface area contributed by atoms with Gasteiger partial charge < -0.3 is 24.3 Å². The molecule has 0 bridgehead atoms. The molecular weight excluding hydrogens is 976 g/mol. The molecule has 3 saturated heterocycles. The standard InChI is InChI=1S/C35H42O3S.C32H45BO3S/c1-6-35(7-2,30-13-12-28(25(3)22-30)16-17-34(37)18-20-39-21-19-34)31-14-15-32(26(4)23-31)29-10-8-27(9-11-29)24-33(36)38-5;1-9-32(10-2,26-12-11-25(23(3)21-26)15-16-31(34)17-19-37-20-18-31)27-13-14-28(24(4)22-27)33-35-29(5,6)30(7,8)36-33/h8-17,22-23,37H,6-7,18-21,24H2,1-5H3;11-16,21-22,34H,9-10,17-20H2,1-8H3/b17-16+;16-15+. The summed E-state index contributed by atoms with van der Waals surface area (Å²) in [5, 5.41) is 21.8. The van der Waals surface area contributed by atoms with Crippen molar-refractivity contribution in [3.63, 3.8) is 0 Å². The molecule has 0 atom stereocenters. The van der Waals surface area contributed by atoms with E-state index in [9.17, 15) is 15.0 Å². The van der Waals surface area contributed by atoms with Crippen LogP contribution in [-0.2, 0) is 36.1 Å². The smallest absolute Gasteiger partial charge is 0.469 e. The van der Waals surface area contributed by atoms with E-state index in [0.29, 0.717) is 0 Å². The van der Waals surface area contributed by atoms with Gasteiger partial charge in [-0.2, -0.15) is 23.5 Å². The maximum Gasteiger partial charge on any atom is 0.495 e. The van der Waals surface area contributed by atoms with Crippen LogP contribution in [0.5, 0.6) is 0 Å². The summed E-state index contributed by atoms with van der Waals surface area (Å²) < 4.78 is 17.5. The van der Waals surface area contributed by atoms with Crippen molar-refractivity contribution >= 4 is 54.2 Å². The van der Waals surface area contributed by atoms with Crippen LogP contribution >= 0.6 is 23.5 Å². The number of aliphatic hydroxyl groups is 2. The Bertz CT molecular complexity index is 2830. The molecule has 406 valence electrons. The minimum absolute atomic E-state index is 0.0645. The van der Waals surface area contributed by atoms with Crippen molar-refractivity contribution in [2.75, 3.05) is 30.1 Å². The zero-order valence-corrected chi connectivity index (χ0v) is 49.8. The second-order valence-electron chi connectivity index (χ2n) is 23.0. The SMILES string of the molecule is CCC(CC)(c1ccc(/C=C/C2(O)CCSCC2)c(C)c1)c1ccc(-c2ccc(CC(=O)OC)cc2)c(C)c1.CCC(CC)(c1ccc(/C=C/C2(O)CCSCC2)c(C)c1)c1ccc(B2OC(C)(C)C(C)(C)O2)c(C)c1. The summed E-state index contributed by atoms with van der Waals surface area (Å²) in [7, 11) is 1.08. The Hall–Kier alpha value is -4.35. The fourth-order valence-corrected chi connectivity index (χ4v) is 14.0. The fraction of sp³-hybridized carbons (Fsp3) is 0.478. The number of hydrogen-bond donors (Lipinski definition) is 2. The minimum Gasteiger partial charge on any atom is -0.469 e. The highest BCUT2D eigenvalue weighted by molar-refractivity contribution is 7.99. The van der Waals surface area contributed by atoms with Crippen molar-refractivity contribution in [2.45, 2.75) is 174 Å². The molecule has 3 aliphatic heterocycles. The summed E-state index contributed by atoms with van der Waals surface area (Å²) >= 11 is 3.85. The first-order valence-corrected chi connectivity index (χ1v) is 30.4. The predicted octanol–water partition coefficient (Wildman–Crippen LogP) is 15.0. The predicted molar refractivity (Wildman–Crippen MR) is 325 cm³/mol. The first kappa shape index (κ1) is 59.3. The molecule has 0 radical (unpaired) electrons. The number of rotatable bonds is 16. The third-order valence-corrected chi connectivity index (χ3v) is 19.8. The number of esters is 1. The third kappa shape index (κ3) is 13.0. The molecule has 3 heterocycles. The number of aryl methyl sites for hydroxylation is 4. The van der Waals surface area contributed by atoms with E-state index in [-0.39, 0.29) is 41.5 Å². The van der Waals surface area contributed by atoms with Gasteiger partial charge in [-0.3, -0.25) is 4.79 Å². The molecule has 0 aliphatic carbocycles. The Labute approximate surface area is 466 Å². The van der Waals surface area contributed by atoms with Crippen LogP contribution in [0.2, 0.25) is 0 Å². The largest absolute Gasteiger partial charge is 0.495 e. The van der Waals surface area contributed by atoms with Crippen molar-refractivity contribution in [3.8, 4) is 11.1 Å². The fourth-order valence-electron chi connectivity index (χ4n) is 11.6. The summed E-state index contributed by atoms with van der Waals surface area (Å²) in [5.41, 5.74) is 14.9. The molecule has 0 aromatic heterocycles. The third-order valence-electron chi connectivity index (χ3n) is 17.9. The quantitative estimate of drug-likeness (QED) is 0.0747. The Morgan fingerprint density at radius 1 is 0.579 bits per heavy atom. The summed E-state index contributed by atoms with van der Waals surface area (Å²) in [6.45, 7) is 26.3. The van der Waals surface area contributed by atoms with Crippen molar-refractivity contribution in [3.05, 3.63) is 170 Å². The first-order chi connectivity index (χ1) is 36.1. The van der Waals surface area contributed by atoms with Gasteiger partial charge in [0.05, 0.1) is 35.9 Å². The van der Waals surface area contributed by atoms with Crippen LogP contribution in [-0.4, -0.2) is 75.8 Å². The number of thioether (sulfide) groups is 2. The average Bonchev–Trinajstić information content (AvgIpc) is 3.65. The van der Waals surface area contributed by atoms with Gasteiger partial charge >= 0.3 is 13.1 Å². The van der Waals surface area contributed by atoms with Gasteiger partial charge in [0.25, 0.3) is 0 Å². The van der Waals surface area contributed by atoms with Gasteiger partial charge in [-0.15, -0.1) is 0 Å². The van der Waals surface area contributed by atoms with Crippen LogP contribution in [0.1, 0.15) is 168 Å². The highest BCUT2D eigenvalue weighted by Crippen LogP contribution is 2.44. The number of hydrogen-bond acceptors (Lipinski definition) is 8. The molecule has 6 nitrogen and oxygen atoms in total. The van der Waals surface area contributed by atoms with Gasteiger partial charge in [-0.25, -0.2) is 0 Å². The number of carbonyl (C=O) groups is 1. The maximum atomic E-state index is 11.6. The van der Waals surface area contributed by atoms with E-state index in [1.807, 2.05) is 47.8 Å². The Morgan fingerprint density at radius 2 is 0.974 bits per heavy atom. The van der Waals surface area contributed by atoms with Crippen LogP contribution in [0.25, 0.3) is 23.3 Å². The normalized spacial score (nSPS) is 18.2. The molecule has 3 fully saturated rings. The minimum atomic E-state index is -0.673. The van der Waals surface area contributed by atoms with Gasteiger partial charge in [0.1, 0.15) is 0 Å². The number of methoxy groups -OCH3 is 1. The van der Waals surface area contributed by atoms with E-state index >= 15 is 0 Å². The summed E-state index contributed by atoms with van der Waals surface area (Å²) in [6, 6.07) is 35.6. The Balaban J connectivity index is 0.000000221. The highest BCUT2D eigenvalue weighted by Gasteiger charge is 2.52. The molecule has 0 unspecified atom stereocenters. The van der Waals surface area contributed by atoms with E-state index in [1.54, 1.807) is 0 Å². The monoisotopic (exact) mass is 1060 g/mol. The highest BCUT2D eigenvalue weighted by atomic mass is 32.2. The van der Waals surface area contributed by atoms with Gasteiger partial charge in [0.15, 0.2) is 0 Å². The van der Waals surface area contributed by atoms with Crippen LogP contribution < -0.4 is 5.46 Å². The molecule has 9 heteroatoms. The molecule has 0 amide bonds. The second-order valence-corrected chi connectivity index (χ2v) is 25.4. The average molecular weight is 1060 g/mol. The van der Waals surface area contributed by atoms with Crippen LogP contribution in [0.15, 0.2) is 109 Å². The van der Waals surface area contributed by atoms with Gasteiger partial charge in [0.2, 0.25) is 0 Å². The summed E-state index contributed by atoms with van der Waals surface area (Å²) in [6.07, 6.45) is 16.0. The van der Waals surface area contributed by atoms with Crippen LogP contribution in [0.3, 0.4) is 0 Å². The van der Waals surface area contributed by atoms with E-state index in [1.165, 1.54) is 68.3 Å². The zero-order valence-electron chi connectivity index (χ0n) is 48.2. The lowest BCUT2D eigenvalue weighted by Crippen LogP contribution is -2.41. The summed E-state index contributed by atoms with van der Waals surface area (Å²) in [4.78, 5) is 11.6. The molecule has 2 N–H and O–H groups in total. The lowest BCUT2D eigenvalue weighted by Gasteiger charge is -2.34. The lowest BCUT2D eigenvalue weighted by molar-refractivity contribution is -0.139. The molecule has 5 aromatic carbocycles. The Morgan fingerprint density at radius 3 is 1.36 bits per heavy atom. The van der Waals surface area contributed by atoms with Gasteiger partial charge in [-0.05, 0) is 202 Å². The number of benzene rings is 5. The van der Waals surface area contributed by atoms with E-state index in [2.05, 4.69) is 180 Å². The van der Waals surface area contributed by atoms with Gasteiger partial charge in [-0.1, -0.05) is 155 Å². The number of carbonyl (C=O) groups excluding carboxylic acids is 1. The van der Waals surface area contributed by atoms with E-state index < -0.39 is 11.2 Å². The van der Waals surface area contributed by atoms with Gasteiger partial charge in [0, 0.05) is 10.8 Å². The first-order valence-electron chi connectivity index (χ1n) is 28.0. The van der Waals surface area contributed by atoms with E-state index in [0.717, 1.165) is 91.0 Å². The maximum absolute atomic E-state index is 11.6. The zero-order chi connectivity index (χ0) is 55.1. The number of ether oxygens (including phenoxy) is 1. The molecular formula is C67H87BO6S2. The molecule has 0 saturated carbocycles. The van der Waals surface area contributed by atoms with Crippen molar-refractivity contribution in [2.24, 2.45) is 0 Å². The second kappa shape index (κ2) is 24.8. The lowest BCUT2D eigenvalue weighted by atomic mass is 9.68. The van der Waals surface area contributed by atoms with Crippen molar-refractivity contribution < 1.29 is 29.1 Å². The molecule has 8 rings (SSSR count). The topological polar surface area (TPSA) is 85.2 Å². The Kier molecular flexibility index (Phi) is 19.3.